The van der Waals surface area contributed by atoms with E-state index in [0.717, 1.165) is 29.8 Å². The molecule has 2 aromatic carbocycles. The number of hydrogen-bond acceptors (Lipinski definition) is 1. The second kappa shape index (κ2) is 6.14. The van der Waals surface area contributed by atoms with Crippen molar-refractivity contribution in [1.82, 2.24) is 0 Å². The molecular formula is C16H12F6O. The van der Waals surface area contributed by atoms with Crippen LogP contribution in [0.3, 0.4) is 0 Å². The summed E-state index contributed by atoms with van der Waals surface area (Å²) in [6, 6.07) is 9.52. The van der Waals surface area contributed by atoms with Crippen molar-refractivity contribution in [2.24, 2.45) is 0 Å². The summed E-state index contributed by atoms with van der Waals surface area (Å²) >= 11 is 0. The normalized spacial score (nSPS) is 13.7. The van der Waals surface area contributed by atoms with Gasteiger partial charge >= 0.3 is 12.5 Å². The van der Waals surface area contributed by atoms with E-state index in [4.69, 9.17) is 0 Å². The minimum Gasteiger partial charge on any atom is -0.406 e. The summed E-state index contributed by atoms with van der Waals surface area (Å²) < 4.78 is 80.0. The minimum atomic E-state index is -4.89. The molecule has 0 bridgehead atoms. The molecule has 0 saturated heterocycles. The Bertz CT molecular complexity index is 640. The van der Waals surface area contributed by atoms with Gasteiger partial charge < -0.3 is 4.74 Å². The third-order valence-corrected chi connectivity index (χ3v) is 3.19. The molecule has 0 heterocycles. The SMILES string of the molecule is Cc1ccc(C(c2ccc(OC(F)(F)F)cc2)C(F)(F)F)cc1. The van der Waals surface area contributed by atoms with Gasteiger partial charge in [0.05, 0.1) is 0 Å². The second-order valence-corrected chi connectivity index (χ2v) is 5.00. The summed E-state index contributed by atoms with van der Waals surface area (Å²) in [6.45, 7) is 1.75. The maximum Gasteiger partial charge on any atom is 0.573 e. The summed E-state index contributed by atoms with van der Waals surface area (Å²) in [4.78, 5) is 0. The van der Waals surface area contributed by atoms with Gasteiger partial charge in [-0.3, -0.25) is 0 Å². The lowest BCUT2D eigenvalue weighted by Crippen LogP contribution is -2.22. The first kappa shape index (κ1) is 17.2. The molecule has 2 rings (SSSR count). The maximum absolute atomic E-state index is 13.4. The minimum absolute atomic E-state index is 0.0209. The van der Waals surface area contributed by atoms with E-state index >= 15 is 0 Å². The van der Waals surface area contributed by atoms with Gasteiger partial charge in [-0.2, -0.15) is 13.2 Å². The lowest BCUT2D eigenvalue weighted by Gasteiger charge is -2.22. The van der Waals surface area contributed by atoms with E-state index in [2.05, 4.69) is 4.74 Å². The molecule has 7 heteroatoms. The zero-order valence-corrected chi connectivity index (χ0v) is 11.9. The van der Waals surface area contributed by atoms with Gasteiger partial charge in [0, 0.05) is 0 Å². The smallest absolute Gasteiger partial charge is 0.406 e. The molecule has 23 heavy (non-hydrogen) atoms. The van der Waals surface area contributed by atoms with Gasteiger partial charge in [0.15, 0.2) is 0 Å². The highest BCUT2D eigenvalue weighted by Gasteiger charge is 2.42. The highest BCUT2D eigenvalue weighted by atomic mass is 19.4. The molecular weight excluding hydrogens is 322 g/mol. The Kier molecular flexibility index (Phi) is 4.58. The Morgan fingerprint density at radius 1 is 0.739 bits per heavy atom. The summed E-state index contributed by atoms with van der Waals surface area (Å²) in [5, 5.41) is 0. The fourth-order valence-electron chi connectivity index (χ4n) is 2.19. The number of benzene rings is 2. The van der Waals surface area contributed by atoms with Crippen LogP contribution in [0.4, 0.5) is 26.3 Å². The van der Waals surface area contributed by atoms with E-state index in [-0.39, 0.29) is 11.1 Å². The van der Waals surface area contributed by atoms with Crippen molar-refractivity contribution >= 4 is 0 Å². The molecule has 0 amide bonds. The predicted octanol–water partition coefficient (Wildman–Crippen LogP) is 5.59. The molecule has 0 spiro atoms. The van der Waals surface area contributed by atoms with Crippen LogP contribution in [0.25, 0.3) is 0 Å². The first-order valence-corrected chi connectivity index (χ1v) is 6.55. The van der Waals surface area contributed by atoms with E-state index in [1.165, 1.54) is 12.1 Å². The predicted molar refractivity (Wildman–Crippen MR) is 72.2 cm³/mol. The lowest BCUT2D eigenvalue weighted by molar-refractivity contribution is -0.274. The van der Waals surface area contributed by atoms with Crippen LogP contribution in [-0.4, -0.2) is 12.5 Å². The topological polar surface area (TPSA) is 9.23 Å². The zero-order valence-electron chi connectivity index (χ0n) is 11.9. The fourth-order valence-corrected chi connectivity index (χ4v) is 2.19. The molecule has 124 valence electrons. The van der Waals surface area contributed by atoms with E-state index in [1.807, 2.05) is 0 Å². The molecule has 1 unspecified atom stereocenters. The van der Waals surface area contributed by atoms with E-state index in [0.29, 0.717) is 0 Å². The van der Waals surface area contributed by atoms with Crippen LogP contribution >= 0.6 is 0 Å². The first-order chi connectivity index (χ1) is 10.6. The third-order valence-electron chi connectivity index (χ3n) is 3.19. The fraction of sp³-hybridized carbons (Fsp3) is 0.250. The van der Waals surface area contributed by atoms with Crippen LogP contribution in [0, 0.1) is 6.92 Å². The Labute approximate surface area is 128 Å². The molecule has 2 aromatic rings. The van der Waals surface area contributed by atoms with Gasteiger partial charge in [-0.25, -0.2) is 0 Å². The van der Waals surface area contributed by atoms with Crippen LogP contribution in [-0.2, 0) is 0 Å². The van der Waals surface area contributed by atoms with Crippen molar-refractivity contribution in [3.63, 3.8) is 0 Å². The molecule has 1 atom stereocenters. The number of hydrogen-bond donors (Lipinski definition) is 0. The van der Waals surface area contributed by atoms with E-state index < -0.39 is 24.2 Å². The largest absolute Gasteiger partial charge is 0.573 e. The summed E-state index contributed by atoms with van der Waals surface area (Å²) in [5.74, 6) is -2.48. The quantitative estimate of drug-likeness (QED) is 0.665. The number of halogens is 6. The second-order valence-electron chi connectivity index (χ2n) is 5.00. The maximum atomic E-state index is 13.4. The third kappa shape index (κ3) is 4.64. The Morgan fingerprint density at radius 2 is 1.17 bits per heavy atom. The van der Waals surface area contributed by atoms with Crippen LogP contribution in [0.1, 0.15) is 22.6 Å². The lowest BCUT2D eigenvalue weighted by atomic mass is 9.90. The number of ether oxygens (including phenoxy) is 1. The molecule has 1 nitrogen and oxygen atoms in total. The van der Waals surface area contributed by atoms with Crippen molar-refractivity contribution in [3.05, 3.63) is 65.2 Å². The monoisotopic (exact) mass is 334 g/mol. The van der Waals surface area contributed by atoms with Gasteiger partial charge in [-0.1, -0.05) is 42.0 Å². The Hall–Kier alpha value is -2.18. The number of alkyl halides is 6. The summed E-state index contributed by atoms with van der Waals surface area (Å²) in [6.07, 6.45) is -9.45. The van der Waals surface area contributed by atoms with Gasteiger partial charge in [0.2, 0.25) is 0 Å². The Morgan fingerprint density at radius 3 is 1.57 bits per heavy atom. The summed E-state index contributed by atoms with van der Waals surface area (Å²) in [7, 11) is 0. The van der Waals surface area contributed by atoms with Crippen LogP contribution in [0.5, 0.6) is 5.75 Å². The summed E-state index contributed by atoms with van der Waals surface area (Å²) in [5.41, 5.74) is 0.673. The highest BCUT2D eigenvalue weighted by Crippen LogP contribution is 2.40. The van der Waals surface area contributed by atoms with Gasteiger partial charge in [-0.15, -0.1) is 13.2 Å². The average molecular weight is 334 g/mol. The van der Waals surface area contributed by atoms with Crippen molar-refractivity contribution in [1.29, 1.82) is 0 Å². The molecule has 0 N–H and O–H groups in total. The molecule has 0 aromatic heterocycles. The van der Waals surface area contributed by atoms with Crippen molar-refractivity contribution in [2.75, 3.05) is 0 Å². The first-order valence-electron chi connectivity index (χ1n) is 6.55. The molecule has 0 aliphatic heterocycles. The van der Waals surface area contributed by atoms with Gasteiger partial charge in [-0.05, 0) is 30.2 Å². The highest BCUT2D eigenvalue weighted by molar-refractivity contribution is 5.38. The zero-order chi connectivity index (χ0) is 17.3. The van der Waals surface area contributed by atoms with E-state index in [1.54, 1.807) is 19.1 Å². The van der Waals surface area contributed by atoms with Crippen LogP contribution in [0.15, 0.2) is 48.5 Å². The average Bonchev–Trinajstić information content (AvgIpc) is 2.40. The Balaban J connectivity index is 2.35. The van der Waals surface area contributed by atoms with Crippen molar-refractivity contribution in [3.8, 4) is 5.75 Å². The van der Waals surface area contributed by atoms with Crippen LogP contribution < -0.4 is 4.74 Å². The van der Waals surface area contributed by atoms with Crippen molar-refractivity contribution < 1.29 is 31.1 Å². The molecule has 0 aliphatic carbocycles. The number of aryl methyl sites for hydroxylation is 1. The van der Waals surface area contributed by atoms with Gasteiger partial charge in [0.25, 0.3) is 0 Å². The molecule has 0 aliphatic rings. The van der Waals surface area contributed by atoms with Crippen molar-refractivity contribution in [2.45, 2.75) is 25.4 Å². The van der Waals surface area contributed by atoms with Gasteiger partial charge in [0.1, 0.15) is 11.7 Å². The molecule has 0 fully saturated rings. The standard InChI is InChI=1S/C16H12F6O/c1-10-2-4-11(5-3-10)14(15(17,18)19)12-6-8-13(9-7-12)23-16(20,21)22/h2-9,14H,1H3. The number of rotatable bonds is 3. The molecule has 0 saturated carbocycles. The van der Waals surface area contributed by atoms with E-state index in [9.17, 15) is 26.3 Å². The van der Waals surface area contributed by atoms with Crippen LogP contribution in [0.2, 0.25) is 0 Å². The molecule has 0 radical (unpaired) electrons.